The normalized spacial score (nSPS) is 11.6. The van der Waals surface area contributed by atoms with E-state index in [1.54, 1.807) is 0 Å². The largest absolute Gasteiger partial charge is 0.239 e. The molecule has 2 heterocycles. The van der Waals surface area contributed by atoms with Gasteiger partial charge in [-0.25, -0.2) is 0 Å². The van der Waals surface area contributed by atoms with Crippen LogP contribution in [-0.2, 0) is 7.05 Å². The van der Waals surface area contributed by atoms with Gasteiger partial charge in [0.2, 0.25) is 5.69 Å². The van der Waals surface area contributed by atoms with Gasteiger partial charge in [-0.2, -0.15) is 0 Å². The van der Waals surface area contributed by atoms with Crippen molar-refractivity contribution in [2.45, 2.75) is 6.92 Å². The average Bonchev–Trinajstić information content (AvgIpc) is 3.00. The van der Waals surface area contributed by atoms with Crippen molar-refractivity contribution < 1.29 is 4.68 Å². The highest BCUT2D eigenvalue weighted by Crippen LogP contribution is 2.32. The maximum Gasteiger partial charge on any atom is 0.239 e. The summed E-state index contributed by atoms with van der Waals surface area (Å²) in [5.41, 5.74) is 6.28. The van der Waals surface area contributed by atoms with Crippen molar-refractivity contribution in [3.05, 3.63) is 84.4 Å². The molecule has 0 atom stereocenters. The van der Waals surface area contributed by atoms with Crippen LogP contribution >= 0.6 is 0 Å². The summed E-state index contributed by atoms with van der Waals surface area (Å²) in [6.07, 6.45) is 0. The summed E-state index contributed by atoms with van der Waals surface area (Å²) in [7, 11) is 2.15. The summed E-state index contributed by atoms with van der Waals surface area (Å²) < 4.78 is 4.63. The molecule has 2 nitrogen and oxygen atoms in total. The fourth-order valence-electron chi connectivity index (χ4n) is 3.99. The Bertz CT molecular complexity index is 1250. The molecule has 0 radical (unpaired) electrons. The fourth-order valence-corrected chi connectivity index (χ4v) is 3.99. The van der Waals surface area contributed by atoms with Crippen LogP contribution in [0.15, 0.2) is 78.9 Å². The van der Waals surface area contributed by atoms with Crippen LogP contribution in [0.5, 0.6) is 0 Å². The van der Waals surface area contributed by atoms with Crippen LogP contribution in [0.25, 0.3) is 38.4 Å². The first-order chi connectivity index (χ1) is 12.3. The molecule has 0 saturated carbocycles. The lowest BCUT2D eigenvalue weighted by atomic mass is 10.0. The van der Waals surface area contributed by atoms with Gasteiger partial charge in [-0.15, -0.1) is 9.20 Å². The van der Waals surface area contributed by atoms with Gasteiger partial charge >= 0.3 is 0 Å². The minimum Gasteiger partial charge on any atom is -0.119 e. The Morgan fingerprint density at radius 2 is 1.40 bits per heavy atom. The third-order valence-electron chi connectivity index (χ3n) is 5.16. The minimum absolute atomic E-state index is 1.22. The number of hydrogen-bond acceptors (Lipinski definition) is 0. The molecule has 0 bridgehead atoms. The van der Waals surface area contributed by atoms with Crippen molar-refractivity contribution in [1.29, 1.82) is 0 Å². The summed E-state index contributed by atoms with van der Waals surface area (Å²) in [5, 5.41) is 3.90. The third kappa shape index (κ3) is 1.94. The second kappa shape index (κ2) is 5.18. The summed E-state index contributed by atoms with van der Waals surface area (Å²) in [5.74, 6) is 0. The van der Waals surface area contributed by atoms with E-state index in [1.807, 2.05) is 0 Å². The lowest BCUT2D eigenvalue weighted by Crippen LogP contribution is -2.37. The molecule has 0 amide bonds. The van der Waals surface area contributed by atoms with E-state index in [4.69, 9.17) is 0 Å². The number of nitrogens with zero attached hydrogens (tertiary/aromatic N) is 2. The highest BCUT2D eigenvalue weighted by molar-refractivity contribution is 6.13. The topological polar surface area (TPSA) is 8.29 Å². The van der Waals surface area contributed by atoms with E-state index in [2.05, 4.69) is 102 Å². The van der Waals surface area contributed by atoms with Gasteiger partial charge in [0.1, 0.15) is 11.0 Å². The van der Waals surface area contributed by atoms with Crippen molar-refractivity contribution in [3.8, 4) is 11.3 Å². The first-order valence-corrected chi connectivity index (χ1v) is 8.63. The Balaban J connectivity index is 2.07. The molecule has 0 aliphatic heterocycles. The highest BCUT2D eigenvalue weighted by atomic mass is 15.3. The van der Waals surface area contributed by atoms with E-state index in [0.29, 0.717) is 0 Å². The molecule has 2 heteroatoms. The lowest BCUT2D eigenvalue weighted by Gasteiger charge is -2.08. The molecule has 0 aliphatic carbocycles. The van der Waals surface area contributed by atoms with Crippen LogP contribution < -0.4 is 4.68 Å². The van der Waals surface area contributed by atoms with E-state index in [-0.39, 0.29) is 0 Å². The van der Waals surface area contributed by atoms with Crippen LogP contribution in [0.1, 0.15) is 5.56 Å². The predicted molar refractivity (Wildman–Crippen MR) is 104 cm³/mol. The van der Waals surface area contributed by atoms with E-state index >= 15 is 0 Å². The second-order valence-corrected chi connectivity index (χ2v) is 6.63. The van der Waals surface area contributed by atoms with Gasteiger partial charge in [-0.1, -0.05) is 60.7 Å². The third-order valence-corrected chi connectivity index (χ3v) is 5.16. The van der Waals surface area contributed by atoms with Crippen molar-refractivity contribution in [2.75, 3.05) is 0 Å². The standard InChI is InChI=1S/C23H19N2/c1-16-9-8-14-20-18-12-6-7-13-19(18)22-15-21(17-10-4-3-5-11-17)24(2)25(22)23(16)20/h3-15H,1-2H3/q+1. The molecule has 0 saturated heterocycles. The monoisotopic (exact) mass is 323 g/mol. The van der Waals surface area contributed by atoms with Gasteiger partial charge in [-0.3, -0.25) is 0 Å². The number of rotatable bonds is 1. The number of fused-ring (bicyclic) bond motifs is 6. The van der Waals surface area contributed by atoms with Crippen molar-refractivity contribution in [2.24, 2.45) is 7.05 Å². The maximum atomic E-state index is 2.36. The molecule has 25 heavy (non-hydrogen) atoms. The smallest absolute Gasteiger partial charge is 0.119 e. The van der Waals surface area contributed by atoms with Gasteiger partial charge in [0.05, 0.1) is 0 Å². The summed E-state index contributed by atoms with van der Waals surface area (Å²) in [6, 6.07) is 28.2. The predicted octanol–water partition coefficient (Wildman–Crippen LogP) is 5.05. The second-order valence-electron chi connectivity index (χ2n) is 6.63. The molecule has 0 unspecified atom stereocenters. The highest BCUT2D eigenvalue weighted by Gasteiger charge is 2.21. The minimum atomic E-state index is 1.22. The summed E-state index contributed by atoms with van der Waals surface area (Å²) in [4.78, 5) is 0. The first-order valence-electron chi connectivity index (χ1n) is 8.63. The molecule has 0 spiro atoms. The van der Waals surface area contributed by atoms with Crippen LogP contribution in [0.3, 0.4) is 0 Å². The van der Waals surface area contributed by atoms with Crippen molar-refractivity contribution in [1.82, 2.24) is 4.52 Å². The van der Waals surface area contributed by atoms with Gasteiger partial charge in [0.15, 0.2) is 7.05 Å². The zero-order valence-electron chi connectivity index (χ0n) is 14.4. The molecular weight excluding hydrogens is 304 g/mol. The molecule has 5 rings (SSSR count). The Morgan fingerprint density at radius 1 is 0.720 bits per heavy atom. The number of aromatic nitrogens is 2. The number of para-hydroxylation sites is 1. The number of pyridine rings is 1. The van der Waals surface area contributed by atoms with Crippen LogP contribution in [-0.4, -0.2) is 4.52 Å². The Labute approximate surface area is 146 Å². The van der Waals surface area contributed by atoms with Crippen LogP contribution in [0, 0.1) is 6.92 Å². The van der Waals surface area contributed by atoms with E-state index < -0.39 is 0 Å². The summed E-state index contributed by atoms with van der Waals surface area (Å²) >= 11 is 0. The SMILES string of the molecule is Cc1cccc2c3ccccc3c3cc(-c4ccccc4)[n+](C)n3c12. The average molecular weight is 323 g/mol. The van der Waals surface area contributed by atoms with Crippen LogP contribution in [0.4, 0.5) is 0 Å². The van der Waals surface area contributed by atoms with Crippen LogP contribution in [0.2, 0.25) is 0 Å². The fraction of sp³-hybridized carbons (Fsp3) is 0.0870. The Hall–Kier alpha value is -3.13. The molecule has 2 aromatic heterocycles. The Kier molecular flexibility index (Phi) is 2.95. The molecular formula is C23H19N2+. The zero-order valence-corrected chi connectivity index (χ0v) is 14.4. The number of aryl methyl sites for hydroxylation is 2. The van der Waals surface area contributed by atoms with Gasteiger partial charge in [-0.05, 0) is 30.0 Å². The molecule has 0 fully saturated rings. The number of benzene rings is 3. The summed E-state index contributed by atoms with van der Waals surface area (Å²) in [6.45, 7) is 2.19. The molecule has 5 aromatic rings. The first kappa shape index (κ1) is 14.2. The van der Waals surface area contributed by atoms with E-state index in [1.165, 1.54) is 44.0 Å². The molecule has 3 aromatic carbocycles. The van der Waals surface area contributed by atoms with E-state index in [9.17, 15) is 0 Å². The molecule has 120 valence electrons. The van der Waals surface area contributed by atoms with Gasteiger partial charge in [0, 0.05) is 22.4 Å². The lowest BCUT2D eigenvalue weighted by molar-refractivity contribution is -0.725. The maximum absolute atomic E-state index is 2.36. The quantitative estimate of drug-likeness (QED) is 0.301. The van der Waals surface area contributed by atoms with Gasteiger partial charge < -0.3 is 0 Å². The number of hydrogen-bond donors (Lipinski definition) is 0. The molecule has 0 N–H and O–H groups in total. The van der Waals surface area contributed by atoms with Crippen molar-refractivity contribution >= 4 is 27.2 Å². The molecule has 0 aliphatic rings. The zero-order chi connectivity index (χ0) is 17.0. The van der Waals surface area contributed by atoms with E-state index in [0.717, 1.165) is 0 Å². The van der Waals surface area contributed by atoms with Gasteiger partial charge in [0.25, 0.3) is 0 Å². The Morgan fingerprint density at radius 3 is 2.20 bits per heavy atom. The van der Waals surface area contributed by atoms with Crippen molar-refractivity contribution in [3.63, 3.8) is 0 Å².